The van der Waals surface area contributed by atoms with E-state index in [9.17, 15) is 20.0 Å². The molecule has 7 nitrogen and oxygen atoms in total. The number of anilines is 1. The summed E-state index contributed by atoms with van der Waals surface area (Å²) in [6.07, 6.45) is -0.184. The van der Waals surface area contributed by atoms with Crippen molar-refractivity contribution in [1.82, 2.24) is 5.32 Å². The summed E-state index contributed by atoms with van der Waals surface area (Å²) >= 11 is 1.18. The molecule has 1 saturated heterocycles. The van der Waals surface area contributed by atoms with Gasteiger partial charge in [-0.15, -0.1) is 11.3 Å². The minimum absolute atomic E-state index is 0.0425. The van der Waals surface area contributed by atoms with Gasteiger partial charge in [0.25, 0.3) is 0 Å². The number of carbonyl (C=O) groups is 1. The van der Waals surface area contributed by atoms with Crippen molar-refractivity contribution in [1.29, 1.82) is 0 Å². The fourth-order valence-corrected chi connectivity index (χ4v) is 3.43. The van der Waals surface area contributed by atoms with E-state index in [1.54, 1.807) is 11.8 Å². The zero-order chi connectivity index (χ0) is 14.9. The predicted molar refractivity (Wildman–Crippen MR) is 76.0 cm³/mol. The summed E-state index contributed by atoms with van der Waals surface area (Å²) in [6, 6.07) is 0.993. The van der Waals surface area contributed by atoms with Gasteiger partial charge in [0.05, 0.1) is 11.0 Å². The molecule has 1 fully saturated rings. The van der Waals surface area contributed by atoms with Crippen LogP contribution in [0.4, 0.5) is 10.7 Å². The Morgan fingerprint density at radius 2 is 2.40 bits per heavy atom. The second-order valence-corrected chi connectivity index (χ2v) is 5.74. The van der Waals surface area contributed by atoms with Gasteiger partial charge in [-0.05, 0) is 13.3 Å². The highest BCUT2D eigenvalue weighted by molar-refractivity contribution is 7.16. The number of nitrogens with one attached hydrogen (secondary N) is 1. The summed E-state index contributed by atoms with van der Waals surface area (Å²) in [5, 5.41) is 24.0. The summed E-state index contributed by atoms with van der Waals surface area (Å²) < 4.78 is 0. The number of aliphatic hydroxyl groups is 1. The minimum atomic E-state index is -0.758. The topological polar surface area (TPSA) is 95.7 Å². The van der Waals surface area contributed by atoms with Crippen LogP contribution >= 0.6 is 11.3 Å². The van der Waals surface area contributed by atoms with Crippen LogP contribution in [0.2, 0.25) is 0 Å². The van der Waals surface area contributed by atoms with E-state index in [0.717, 1.165) is 0 Å². The van der Waals surface area contributed by atoms with Gasteiger partial charge in [-0.2, -0.15) is 0 Å². The zero-order valence-corrected chi connectivity index (χ0v) is 12.1. The smallest absolute Gasteiger partial charge is 0.304 e. The standard InChI is InChI=1S/C12H17N3O4S/c1-3-8-11(17)13-4-5-14(8)12-9(15(18)19)6-10(20-12)7(2)16/h6-8,16H,3-5H2,1-2H3,(H,13,17)/t7-,8?/m1/s1. The Kier molecular flexibility index (Phi) is 4.24. The lowest BCUT2D eigenvalue weighted by molar-refractivity contribution is -0.383. The second-order valence-electron chi connectivity index (χ2n) is 4.68. The van der Waals surface area contributed by atoms with Crippen LogP contribution in [0.15, 0.2) is 6.07 Å². The molecule has 2 heterocycles. The molecular formula is C12H17N3O4S. The lowest BCUT2D eigenvalue weighted by Gasteiger charge is -2.34. The summed E-state index contributed by atoms with van der Waals surface area (Å²) in [7, 11) is 0. The number of hydrogen-bond donors (Lipinski definition) is 2. The van der Waals surface area contributed by atoms with Crippen LogP contribution in [-0.4, -0.2) is 35.1 Å². The highest BCUT2D eigenvalue weighted by Crippen LogP contribution is 2.41. The Morgan fingerprint density at radius 3 is 2.95 bits per heavy atom. The first kappa shape index (κ1) is 14.7. The van der Waals surface area contributed by atoms with Gasteiger partial charge in [0.15, 0.2) is 5.00 Å². The van der Waals surface area contributed by atoms with E-state index in [1.807, 2.05) is 6.92 Å². The molecule has 1 aliphatic rings. The van der Waals surface area contributed by atoms with Gasteiger partial charge in [-0.3, -0.25) is 14.9 Å². The van der Waals surface area contributed by atoms with Gasteiger partial charge in [0.2, 0.25) is 5.91 Å². The number of nitro groups is 1. The van der Waals surface area contributed by atoms with Crippen molar-refractivity contribution in [3.63, 3.8) is 0 Å². The summed E-state index contributed by atoms with van der Waals surface area (Å²) in [6.45, 7) is 4.44. The second kappa shape index (κ2) is 5.76. The van der Waals surface area contributed by atoms with E-state index in [0.29, 0.717) is 29.4 Å². The Bertz CT molecular complexity index is 529. The quantitative estimate of drug-likeness (QED) is 0.647. The van der Waals surface area contributed by atoms with E-state index >= 15 is 0 Å². The molecule has 2 N–H and O–H groups in total. The highest BCUT2D eigenvalue weighted by Gasteiger charge is 2.34. The molecule has 1 aromatic heterocycles. The first-order valence-corrected chi connectivity index (χ1v) is 7.27. The molecule has 110 valence electrons. The normalized spacial score (nSPS) is 20.6. The monoisotopic (exact) mass is 299 g/mol. The fourth-order valence-electron chi connectivity index (χ4n) is 2.30. The van der Waals surface area contributed by atoms with Crippen molar-refractivity contribution in [3.8, 4) is 0 Å². The Morgan fingerprint density at radius 1 is 1.70 bits per heavy atom. The lowest BCUT2D eigenvalue weighted by Crippen LogP contribution is -2.55. The average molecular weight is 299 g/mol. The van der Waals surface area contributed by atoms with Crippen LogP contribution in [0.5, 0.6) is 0 Å². The molecule has 0 aromatic carbocycles. The third kappa shape index (κ3) is 2.61. The number of piperazine rings is 1. The van der Waals surface area contributed by atoms with Crippen molar-refractivity contribution in [3.05, 3.63) is 21.1 Å². The maximum absolute atomic E-state index is 11.9. The number of carbonyl (C=O) groups excluding carboxylic acids is 1. The van der Waals surface area contributed by atoms with Crippen LogP contribution in [-0.2, 0) is 4.79 Å². The maximum atomic E-state index is 11.9. The van der Waals surface area contributed by atoms with Crippen molar-refractivity contribution in [2.24, 2.45) is 0 Å². The van der Waals surface area contributed by atoms with E-state index in [2.05, 4.69) is 5.32 Å². The minimum Gasteiger partial charge on any atom is -0.388 e. The van der Waals surface area contributed by atoms with Gasteiger partial charge < -0.3 is 15.3 Å². The molecule has 2 rings (SSSR count). The molecule has 0 bridgehead atoms. The number of aliphatic hydroxyl groups excluding tert-OH is 1. The molecule has 20 heavy (non-hydrogen) atoms. The van der Waals surface area contributed by atoms with Crippen molar-refractivity contribution >= 4 is 27.9 Å². The largest absolute Gasteiger partial charge is 0.388 e. The van der Waals surface area contributed by atoms with E-state index in [1.165, 1.54) is 17.4 Å². The Labute approximate surface area is 120 Å². The molecule has 1 aliphatic heterocycles. The van der Waals surface area contributed by atoms with Crippen LogP contribution in [0.1, 0.15) is 31.2 Å². The van der Waals surface area contributed by atoms with Gasteiger partial charge in [-0.25, -0.2) is 0 Å². The molecule has 0 aliphatic carbocycles. The fraction of sp³-hybridized carbons (Fsp3) is 0.583. The molecule has 0 saturated carbocycles. The average Bonchev–Trinajstić information content (AvgIpc) is 2.83. The van der Waals surface area contributed by atoms with Gasteiger partial charge in [0.1, 0.15) is 6.04 Å². The van der Waals surface area contributed by atoms with Gasteiger partial charge in [0, 0.05) is 24.0 Å². The molecule has 1 unspecified atom stereocenters. The zero-order valence-electron chi connectivity index (χ0n) is 11.3. The van der Waals surface area contributed by atoms with Crippen LogP contribution in [0, 0.1) is 10.1 Å². The highest BCUT2D eigenvalue weighted by atomic mass is 32.1. The molecule has 2 atom stereocenters. The van der Waals surface area contributed by atoms with Crippen molar-refractivity contribution in [2.45, 2.75) is 32.4 Å². The van der Waals surface area contributed by atoms with E-state index in [-0.39, 0.29) is 11.6 Å². The van der Waals surface area contributed by atoms with Crippen LogP contribution in [0.25, 0.3) is 0 Å². The number of thiophene rings is 1. The number of amides is 1. The number of rotatable bonds is 4. The van der Waals surface area contributed by atoms with Crippen LogP contribution < -0.4 is 10.2 Å². The van der Waals surface area contributed by atoms with Crippen molar-refractivity contribution in [2.75, 3.05) is 18.0 Å². The van der Waals surface area contributed by atoms with E-state index < -0.39 is 17.1 Å². The molecule has 1 amide bonds. The molecule has 0 radical (unpaired) electrons. The maximum Gasteiger partial charge on any atom is 0.304 e. The third-order valence-corrected chi connectivity index (χ3v) is 4.63. The SMILES string of the molecule is CCC1C(=O)NCCN1c1sc([C@@H](C)O)cc1[N+](=O)[O-]. The Balaban J connectivity index is 2.44. The van der Waals surface area contributed by atoms with Gasteiger partial charge >= 0.3 is 5.69 Å². The molecule has 0 spiro atoms. The summed E-state index contributed by atoms with van der Waals surface area (Å²) in [5.41, 5.74) is -0.0425. The first-order chi connectivity index (χ1) is 9.45. The molecule has 8 heteroatoms. The first-order valence-electron chi connectivity index (χ1n) is 6.46. The van der Waals surface area contributed by atoms with Crippen LogP contribution in [0.3, 0.4) is 0 Å². The molecular weight excluding hydrogens is 282 g/mol. The Hall–Kier alpha value is -1.67. The number of nitrogens with zero attached hydrogens (tertiary/aromatic N) is 2. The third-order valence-electron chi connectivity index (χ3n) is 3.30. The van der Waals surface area contributed by atoms with Gasteiger partial charge in [-0.1, -0.05) is 6.92 Å². The molecule has 1 aromatic rings. The summed E-state index contributed by atoms with van der Waals surface area (Å²) in [4.78, 5) is 24.9. The summed E-state index contributed by atoms with van der Waals surface area (Å²) in [5.74, 6) is -0.111. The van der Waals surface area contributed by atoms with Crippen molar-refractivity contribution < 1.29 is 14.8 Å². The lowest BCUT2D eigenvalue weighted by atomic mass is 10.1. The predicted octanol–water partition coefficient (Wildman–Crippen LogP) is 1.42. The van der Waals surface area contributed by atoms with E-state index in [4.69, 9.17) is 0 Å². The number of hydrogen-bond acceptors (Lipinski definition) is 6.